The topological polar surface area (TPSA) is 38.1 Å². The maximum atomic E-state index is 12.3. The van der Waals surface area contributed by atoms with Gasteiger partial charge < -0.3 is 4.90 Å². The summed E-state index contributed by atoms with van der Waals surface area (Å²) in [6.07, 6.45) is 10.6. The van der Waals surface area contributed by atoms with Crippen LogP contribution in [0.15, 0.2) is 48.8 Å². The molecule has 1 fully saturated rings. The maximum absolute atomic E-state index is 12.3. The van der Waals surface area contributed by atoms with Gasteiger partial charge in [0, 0.05) is 30.4 Å². The number of para-hydroxylation sites is 1. The molecule has 1 atom stereocenters. The van der Waals surface area contributed by atoms with Crippen molar-refractivity contribution in [3.05, 3.63) is 54.4 Å². The highest BCUT2D eigenvalue weighted by atomic mass is 16.2. The molecule has 1 saturated heterocycles. The van der Waals surface area contributed by atoms with Crippen LogP contribution in [0.2, 0.25) is 0 Å². The standard InChI is InChI=1S/C18H21N3O/c1-15-7-5-6-12-20(15)18(22)11-10-16-13-19-21(14-16)17-8-3-2-4-9-17/h2-4,8-11,13-15H,5-7,12H2,1H3/b11-10+. The van der Waals surface area contributed by atoms with E-state index in [1.54, 1.807) is 12.3 Å². The SMILES string of the molecule is CC1CCCCN1C(=O)/C=C/c1cnn(-c2ccccc2)c1. The maximum Gasteiger partial charge on any atom is 0.246 e. The van der Waals surface area contributed by atoms with Crippen LogP contribution >= 0.6 is 0 Å². The van der Waals surface area contributed by atoms with E-state index in [1.165, 1.54) is 6.42 Å². The van der Waals surface area contributed by atoms with Crippen molar-refractivity contribution < 1.29 is 4.79 Å². The van der Waals surface area contributed by atoms with Crippen molar-refractivity contribution >= 4 is 12.0 Å². The van der Waals surface area contributed by atoms with Gasteiger partial charge in [-0.1, -0.05) is 18.2 Å². The minimum Gasteiger partial charge on any atom is -0.336 e. The molecule has 1 aliphatic heterocycles. The highest BCUT2D eigenvalue weighted by molar-refractivity contribution is 5.92. The number of piperidine rings is 1. The molecule has 0 saturated carbocycles. The van der Waals surface area contributed by atoms with Crippen LogP contribution in [0.1, 0.15) is 31.7 Å². The molecule has 1 aliphatic rings. The molecule has 1 aromatic carbocycles. The summed E-state index contributed by atoms with van der Waals surface area (Å²) >= 11 is 0. The monoisotopic (exact) mass is 295 g/mol. The Hall–Kier alpha value is -2.36. The number of hydrogen-bond acceptors (Lipinski definition) is 2. The largest absolute Gasteiger partial charge is 0.336 e. The summed E-state index contributed by atoms with van der Waals surface area (Å²) in [4.78, 5) is 14.2. The summed E-state index contributed by atoms with van der Waals surface area (Å²) < 4.78 is 1.81. The van der Waals surface area contributed by atoms with Crippen LogP contribution in [-0.2, 0) is 4.79 Å². The Bertz CT molecular complexity index is 660. The molecule has 0 spiro atoms. The zero-order valence-corrected chi connectivity index (χ0v) is 12.9. The molecule has 3 rings (SSSR count). The second-order valence-corrected chi connectivity index (χ2v) is 5.76. The Morgan fingerprint density at radius 1 is 1.27 bits per heavy atom. The van der Waals surface area contributed by atoms with Crippen LogP contribution in [0.4, 0.5) is 0 Å². The second-order valence-electron chi connectivity index (χ2n) is 5.76. The third-order valence-electron chi connectivity index (χ3n) is 4.13. The molecule has 4 nitrogen and oxygen atoms in total. The van der Waals surface area contributed by atoms with E-state index < -0.39 is 0 Å². The van der Waals surface area contributed by atoms with Crippen molar-refractivity contribution in [2.75, 3.05) is 6.54 Å². The lowest BCUT2D eigenvalue weighted by Gasteiger charge is -2.32. The zero-order chi connectivity index (χ0) is 15.4. The molecule has 1 amide bonds. The van der Waals surface area contributed by atoms with Gasteiger partial charge in [0.2, 0.25) is 5.91 Å². The molecule has 0 radical (unpaired) electrons. The van der Waals surface area contributed by atoms with Crippen LogP contribution in [0.25, 0.3) is 11.8 Å². The first-order valence-electron chi connectivity index (χ1n) is 7.83. The van der Waals surface area contributed by atoms with E-state index in [4.69, 9.17) is 0 Å². The first-order valence-corrected chi connectivity index (χ1v) is 7.83. The van der Waals surface area contributed by atoms with Crippen LogP contribution in [0.3, 0.4) is 0 Å². The highest BCUT2D eigenvalue weighted by Gasteiger charge is 2.21. The third kappa shape index (κ3) is 3.27. The average Bonchev–Trinajstić information content (AvgIpc) is 3.03. The van der Waals surface area contributed by atoms with Gasteiger partial charge in [0.05, 0.1) is 11.9 Å². The van der Waals surface area contributed by atoms with Crippen LogP contribution in [-0.4, -0.2) is 33.2 Å². The fourth-order valence-corrected chi connectivity index (χ4v) is 2.83. The van der Waals surface area contributed by atoms with E-state index in [0.29, 0.717) is 6.04 Å². The van der Waals surface area contributed by atoms with Gasteiger partial charge >= 0.3 is 0 Å². The van der Waals surface area contributed by atoms with E-state index in [1.807, 2.05) is 52.2 Å². The molecule has 2 aromatic rings. The Labute approximate surface area is 131 Å². The normalized spacial score (nSPS) is 18.8. The van der Waals surface area contributed by atoms with Crippen LogP contribution in [0.5, 0.6) is 0 Å². The number of nitrogens with zero attached hydrogens (tertiary/aromatic N) is 3. The lowest BCUT2D eigenvalue weighted by atomic mass is 10.0. The lowest BCUT2D eigenvalue weighted by molar-refractivity contribution is -0.129. The summed E-state index contributed by atoms with van der Waals surface area (Å²) in [5.74, 6) is 0.0969. The average molecular weight is 295 g/mol. The Balaban J connectivity index is 1.68. The number of benzene rings is 1. The molecule has 1 unspecified atom stereocenters. The molecule has 22 heavy (non-hydrogen) atoms. The molecule has 2 heterocycles. The molecular formula is C18H21N3O. The van der Waals surface area contributed by atoms with E-state index in [0.717, 1.165) is 30.6 Å². The Morgan fingerprint density at radius 3 is 2.86 bits per heavy atom. The summed E-state index contributed by atoms with van der Waals surface area (Å²) in [6.45, 7) is 2.99. The fraction of sp³-hybridized carbons (Fsp3) is 0.333. The third-order valence-corrected chi connectivity index (χ3v) is 4.13. The van der Waals surface area contributed by atoms with E-state index in [2.05, 4.69) is 12.0 Å². The Morgan fingerprint density at radius 2 is 2.09 bits per heavy atom. The van der Waals surface area contributed by atoms with Crippen molar-refractivity contribution in [3.63, 3.8) is 0 Å². The van der Waals surface area contributed by atoms with Crippen molar-refractivity contribution in [1.82, 2.24) is 14.7 Å². The minimum atomic E-state index is 0.0969. The van der Waals surface area contributed by atoms with Gasteiger partial charge in [-0.2, -0.15) is 5.10 Å². The number of carbonyl (C=O) groups excluding carboxylic acids is 1. The number of likely N-dealkylation sites (tertiary alicyclic amines) is 1. The van der Waals surface area contributed by atoms with Gasteiger partial charge in [0.15, 0.2) is 0 Å². The fourth-order valence-electron chi connectivity index (χ4n) is 2.83. The zero-order valence-electron chi connectivity index (χ0n) is 12.9. The number of aromatic nitrogens is 2. The first-order chi connectivity index (χ1) is 10.7. The molecule has 0 N–H and O–H groups in total. The van der Waals surface area contributed by atoms with Gasteiger partial charge in [0.1, 0.15) is 0 Å². The van der Waals surface area contributed by atoms with E-state index in [-0.39, 0.29) is 5.91 Å². The minimum absolute atomic E-state index is 0.0969. The molecular weight excluding hydrogens is 274 g/mol. The number of rotatable bonds is 3. The predicted molar refractivity (Wildman–Crippen MR) is 87.6 cm³/mol. The molecule has 4 heteroatoms. The van der Waals surface area contributed by atoms with Gasteiger partial charge in [0.25, 0.3) is 0 Å². The van der Waals surface area contributed by atoms with Gasteiger partial charge in [-0.05, 0) is 44.4 Å². The number of amides is 1. The first kappa shape index (κ1) is 14.6. The van der Waals surface area contributed by atoms with E-state index >= 15 is 0 Å². The summed E-state index contributed by atoms with van der Waals surface area (Å²) in [5, 5.41) is 4.33. The smallest absolute Gasteiger partial charge is 0.246 e. The predicted octanol–water partition coefficient (Wildman–Crippen LogP) is 3.29. The second kappa shape index (κ2) is 6.60. The number of carbonyl (C=O) groups is 1. The van der Waals surface area contributed by atoms with Gasteiger partial charge in [-0.25, -0.2) is 4.68 Å². The van der Waals surface area contributed by atoms with Gasteiger partial charge in [-0.15, -0.1) is 0 Å². The van der Waals surface area contributed by atoms with Crippen molar-refractivity contribution in [3.8, 4) is 5.69 Å². The van der Waals surface area contributed by atoms with Crippen LogP contribution in [0, 0.1) is 0 Å². The molecule has 0 aliphatic carbocycles. The summed E-state index contributed by atoms with van der Waals surface area (Å²) in [6, 6.07) is 10.3. The van der Waals surface area contributed by atoms with Crippen molar-refractivity contribution in [1.29, 1.82) is 0 Å². The molecule has 114 valence electrons. The van der Waals surface area contributed by atoms with Crippen molar-refractivity contribution in [2.24, 2.45) is 0 Å². The molecule has 0 bridgehead atoms. The Kier molecular flexibility index (Phi) is 4.37. The quantitative estimate of drug-likeness (QED) is 0.815. The summed E-state index contributed by atoms with van der Waals surface area (Å²) in [7, 11) is 0. The number of hydrogen-bond donors (Lipinski definition) is 0. The van der Waals surface area contributed by atoms with Crippen molar-refractivity contribution in [2.45, 2.75) is 32.2 Å². The molecule has 1 aromatic heterocycles. The van der Waals surface area contributed by atoms with Crippen LogP contribution < -0.4 is 0 Å². The van der Waals surface area contributed by atoms with E-state index in [9.17, 15) is 4.79 Å². The van der Waals surface area contributed by atoms with Gasteiger partial charge in [-0.3, -0.25) is 4.79 Å². The summed E-state index contributed by atoms with van der Waals surface area (Å²) in [5.41, 5.74) is 1.94. The lowest BCUT2D eigenvalue weighted by Crippen LogP contribution is -2.41. The highest BCUT2D eigenvalue weighted by Crippen LogP contribution is 2.17.